The van der Waals surface area contributed by atoms with Gasteiger partial charge in [0.2, 0.25) is 0 Å². The van der Waals surface area contributed by atoms with Crippen LogP contribution in [0, 0.1) is 0 Å². The molecular weight excluding hydrogens is 1070 g/mol. The SMILES string of the molecule is CC[C@@H](CC(=O)OC)c1cccc(OS(=O)(=O)C(F)(F)F)c1.CC[C@@H](CC(=O)OC)c1cccc(S)c1.CC[C@H](CC(=O)OC)c1cccc(OS(=O)(=O)C(F)(F)F)c1.CC[C@H](CC(=O)OC)c1cccc(S)c1. The van der Waals surface area contributed by atoms with E-state index in [1.807, 2.05) is 48.5 Å². The number of hydrogen-bond donors (Lipinski definition) is 2. The predicted molar refractivity (Wildman–Crippen MR) is 270 cm³/mol. The molecule has 0 aliphatic heterocycles. The van der Waals surface area contributed by atoms with Gasteiger partial charge >= 0.3 is 55.1 Å². The molecule has 0 aromatic heterocycles. The maximum Gasteiger partial charge on any atom is 0.534 e. The van der Waals surface area contributed by atoms with Gasteiger partial charge in [0, 0.05) is 9.79 Å². The second kappa shape index (κ2) is 32.1. The molecule has 0 saturated carbocycles. The maximum atomic E-state index is 12.3. The van der Waals surface area contributed by atoms with E-state index < -0.39 is 54.7 Å². The lowest BCUT2D eigenvalue weighted by atomic mass is 9.93. The molecule has 4 aromatic carbocycles. The topological polar surface area (TPSA) is 192 Å². The summed E-state index contributed by atoms with van der Waals surface area (Å²) in [5.74, 6) is -2.36. The van der Waals surface area contributed by atoms with E-state index in [-0.39, 0.29) is 48.5 Å². The highest BCUT2D eigenvalue weighted by atomic mass is 32.2. The Labute approximate surface area is 439 Å². The number of methoxy groups -OCH3 is 4. The fourth-order valence-corrected chi connectivity index (χ4v) is 8.05. The fourth-order valence-electron chi connectivity index (χ4n) is 6.68. The first kappa shape index (κ1) is 66.6. The van der Waals surface area contributed by atoms with Gasteiger partial charge in [0.05, 0.1) is 54.1 Å². The summed E-state index contributed by atoms with van der Waals surface area (Å²) in [7, 11) is -6.14. The molecule has 0 heterocycles. The Morgan fingerprint density at radius 2 is 0.662 bits per heavy atom. The van der Waals surface area contributed by atoms with Gasteiger partial charge in [0.1, 0.15) is 11.5 Å². The number of ether oxygens (including phenoxy) is 4. The molecule has 0 fully saturated rings. The first-order chi connectivity index (χ1) is 34.5. The zero-order chi connectivity index (χ0) is 56.5. The van der Waals surface area contributed by atoms with Crippen LogP contribution in [0.2, 0.25) is 0 Å². The van der Waals surface area contributed by atoms with Crippen LogP contribution in [0.4, 0.5) is 26.3 Å². The Morgan fingerprint density at radius 1 is 0.432 bits per heavy atom. The van der Waals surface area contributed by atoms with Gasteiger partial charge in [-0.3, -0.25) is 19.2 Å². The summed E-state index contributed by atoms with van der Waals surface area (Å²) in [6, 6.07) is 26.2. The van der Waals surface area contributed by atoms with Gasteiger partial charge in [0.15, 0.2) is 0 Å². The van der Waals surface area contributed by atoms with Gasteiger partial charge in [-0.15, -0.1) is 25.3 Å². The summed E-state index contributed by atoms with van der Waals surface area (Å²) in [6.07, 6.45) is 3.81. The molecule has 0 unspecified atom stereocenters. The summed E-state index contributed by atoms with van der Waals surface area (Å²) >= 11 is 8.57. The minimum Gasteiger partial charge on any atom is -0.469 e. The number of esters is 4. The first-order valence-electron chi connectivity index (χ1n) is 22.6. The van der Waals surface area contributed by atoms with Gasteiger partial charge in [0.25, 0.3) is 0 Å². The molecular formula is C50H62F6O14S4. The van der Waals surface area contributed by atoms with E-state index in [1.54, 1.807) is 26.0 Å². The van der Waals surface area contributed by atoms with Crippen molar-refractivity contribution >= 4 is 69.4 Å². The molecule has 74 heavy (non-hydrogen) atoms. The van der Waals surface area contributed by atoms with Crippen molar-refractivity contribution in [3.05, 3.63) is 119 Å². The molecule has 0 amide bonds. The van der Waals surface area contributed by atoms with Crippen LogP contribution in [-0.4, -0.2) is 80.2 Å². The van der Waals surface area contributed by atoms with E-state index in [0.717, 1.165) is 45.9 Å². The van der Waals surface area contributed by atoms with Crippen molar-refractivity contribution in [2.45, 2.75) is 124 Å². The van der Waals surface area contributed by atoms with Crippen molar-refractivity contribution in [2.75, 3.05) is 28.4 Å². The highest BCUT2D eigenvalue weighted by Gasteiger charge is 2.49. The number of alkyl halides is 6. The third-order valence-corrected chi connectivity index (χ3v) is 13.4. The molecule has 4 aromatic rings. The Hall–Kier alpha value is -5.46. The molecule has 14 nitrogen and oxygen atoms in total. The van der Waals surface area contributed by atoms with E-state index in [9.17, 15) is 62.4 Å². The third kappa shape index (κ3) is 23.4. The number of hydrogen-bond acceptors (Lipinski definition) is 16. The Morgan fingerprint density at radius 3 is 0.865 bits per heavy atom. The van der Waals surface area contributed by atoms with Crippen molar-refractivity contribution in [3.8, 4) is 11.5 Å². The van der Waals surface area contributed by atoms with Crippen LogP contribution in [0.5, 0.6) is 11.5 Å². The van der Waals surface area contributed by atoms with Crippen LogP contribution in [0.25, 0.3) is 0 Å². The molecule has 24 heteroatoms. The van der Waals surface area contributed by atoms with E-state index in [4.69, 9.17) is 0 Å². The molecule has 0 N–H and O–H groups in total. The van der Waals surface area contributed by atoms with E-state index in [1.165, 1.54) is 52.7 Å². The van der Waals surface area contributed by atoms with Crippen LogP contribution in [0.15, 0.2) is 107 Å². The molecule has 0 aliphatic rings. The van der Waals surface area contributed by atoms with Gasteiger partial charge in [-0.2, -0.15) is 43.2 Å². The second-order valence-electron chi connectivity index (χ2n) is 15.8. The number of rotatable bonds is 20. The van der Waals surface area contributed by atoms with Crippen molar-refractivity contribution < 1.29 is 89.7 Å². The molecule has 4 atom stereocenters. The van der Waals surface area contributed by atoms with Gasteiger partial charge < -0.3 is 27.3 Å². The standard InChI is InChI=1S/2C13H15F3O5S.2C12H16O2S/c2*1-3-9(8-12(17)20-2)10-5-4-6-11(7-10)21-22(18,19)13(14,15)16;2*1-3-9(8-12(13)14-2)10-5-4-6-11(15)7-10/h2*4-7,9H,3,8H2,1-2H3;2*4-7,9,15H,3,8H2,1-2H3/t4*9-/m1010/s1. The van der Waals surface area contributed by atoms with Crippen molar-refractivity contribution in [2.24, 2.45) is 0 Å². The Balaban J connectivity index is 0.000000501. The monoisotopic (exact) mass is 1130 g/mol. The van der Waals surface area contributed by atoms with Crippen molar-refractivity contribution in [1.82, 2.24) is 0 Å². The molecule has 0 spiro atoms. The maximum absolute atomic E-state index is 12.3. The number of benzene rings is 4. The van der Waals surface area contributed by atoms with Gasteiger partial charge in [-0.05, 0) is 120 Å². The summed E-state index contributed by atoms with van der Waals surface area (Å²) in [5.41, 5.74) is -7.73. The zero-order valence-electron chi connectivity index (χ0n) is 41.9. The average molecular weight is 1130 g/mol. The Kier molecular flexibility index (Phi) is 28.9. The number of halogens is 6. The lowest BCUT2D eigenvalue weighted by molar-refractivity contribution is -0.142. The number of thiol groups is 2. The van der Waals surface area contributed by atoms with Gasteiger partial charge in [-0.25, -0.2) is 0 Å². The molecule has 0 radical (unpaired) electrons. The predicted octanol–water partition coefficient (Wildman–Crippen LogP) is 12.0. The van der Waals surface area contributed by atoms with Crippen LogP contribution in [0.3, 0.4) is 0 Å². The lowest BCUT2D eigenvalue weighted by Gasteiger charge is -2.15. The van der Waals surface area contributed by atoms with E-state index in [0.29, 0.717) is 36.8 Å². The van der Waals surface area contributed by atoms with Crippen molar-refractivity contribution in [3.63, 3.8) is 0 Å². The number of carbonyl (C=O) groups is 4. The summed E-state index contributed by atoms with van der Waals surface area (Å²) in [5, 5.41) is 0. The minimum atomic E-state index is -5.72. The number of carbonyl (C=O) groups excluding carboxylic acids is 4. The second-order valence-corrected chi connectivity index (χ2v) is 20.0. The van der Waals surface area contributed by atoms with Crippen LogP contribution < -0.4 is 8.37 Å². The highest BCUT2D eigenvalue weighted by molar-refractivity contribution is 7.88. The summed E-state index contributed by atoms with van der Waals surface area (Å²) in [4.78, 5) is 46.9. The quantitative estimate of drug-likeness (QED) is 0.0212. The molecule has 0 aliphatic carbocycles. The Bertz CT molecular complexity index is 2450. The van der Waals surface area contributed by atoms with Crippen LogP contribution in [-0.2, 0) is 58.4 Å². The van der Waals surface area contributed by atoms with Crippen molar-refractivity contribution in [1.29, 1.82) is 0 Å². The van der Waals surface area contributed by atoms with E-state index >= 15 is 0 Å². The molecule has 0 saturated heterocycles. The summed E-state index contributed by atoms with van der Waals surface area (Å²) in [6.45, 7) is 7.71. The highest BCUT2D eigenvalue weighted by Crippen LogP contribution is 2.33. The molecule has 0 bridgehead atoms. The first-order valence-corrected chi connectivity index (χ1v) is 26.3. The molecule has 412 valence electrons. The average Bonchev–Trinajstić information content (AvgIpc) is 3.35. The van der Waals surface area contributed by atoms with Crippen LogP contribution in [0.1, 0.15) is 125 Å². The summed E-state index contributed by atoms with van der Waals surface area (Å²) < 4.78 is 144. The van der Waals surface area contributed by atoms with Gasteiger partial charge in [-0.1, -0.05) is 76.2 Å². The zero-order valence-corrected chi connectivity index (χ0v) is 45.3. The molecule has 4 rings (SSSR count). The largest absolute Gasteiger partial charge is 0.534 e. The smallest absolute Gasteiger partial charge is 0.469 e. The normalized spacial score (nSPS) is 13.0. The minimum absolute atomic E-state index is 0.0302. The van der Waals surface area contributed by atoms with Crippen LogP contribution >= 0.6 is 25.3 Å². The fraction of sp³-hybridized carbons (Fsp3) is 0.440. The lowest BCUT2D eigenvalue weighted by Crippen LogP contribution is -2.28. The third-order valence-electron chi connectivity index (χ3n) is 10.9. The van der Waals surface area contributed by atoms with E-state index in [2.05, 4.69) is 66.4 Å².